The zero-order valence-electron chi connectivity index (χ0n) is 9.41. The van der Waals surface area contributed by atoms with E-state index in [0.29, 0.717) is 4.47 Å². The van der Waals surface area contributed by atoms with Crippen molar-refractivity contribution in [3.05, 3.63) is 34.1 Å². The molecule has 1 aromatic carbocycles. The molecule has 0 aliphatic heterocycles. The van der Waals surface area contributed by atoms with Gasteiger partial charge in [0, 0.05) is 10.0 Å². The van der Waals surface area contributed by atoms with Crippen molar-refractivity contribution < 1.29 is 24.2 Å². The molecule has 0 radical (unpaired) electrons. The SMILES string of the molecule is CC(O)(CNC(=O)c1cc(F)cc(Br)c1)C(=O)O. The van der Waals surface area contributed by atoms with E-state index in [1.165, 1.54) is 12.1 Å². The summed E-state index contributed by atoms with van der Waals surface area (Å²) in [4.78, 5) is 22.2. The van der Waals surface area contributed by atoms with Crippen LogP contribution in [0.4, 0.5) is 4.39 Å². The Morgan fingerprint density at radius 1 is 1.44 bits per heavy atom. The van der Waals surface area contributed by atoms with E-state index >= 15 is 0 Å². The van der Waals surface area contributed by atoms with Gasteiger partial charge in [-0.25, -0.2) is 9.18 Å². The number of hydrogen-bond acceptors (Lipinski definition) is 3. The molecule has 7 heteroatoms. The largest absolute Gasteiger partial charge is 0.479 e. The molecule has 1 atom stereocenters. The predicted molar refractivity (Wildman–Crippen MR) is 64.7 cm³/mol. The highest BCUT2D eigenvalue weighted by Crippen LogP contribution is 2.15. The van der Waals surface area contributed by atoms with Gasteiger partial charge in [0.25, 0.3) is 5.91 Å². The molecule has 1 rings (SSSR count). The minimum Gasteiger partial charge on any atom is -0.479 e. The molecule has 0 bridgehead atoms. The highest BCUT2D eigenvalue weighted by atomic mass is 79.9. The molecule has 0 aliphatic rings. The van der Waals surface area contributed by atoms with Gasteiger partial charge in [-0.1, -0.05) is 15.9 Å². The Hall–Kier alpha value is -1.47. The molecule has 0 spiro atoms. The number of carboxylic acids is 1. The summed E-state index contributed by atoms with van der Waals surface area (Å²) in [5.74, 6) is -2.72. The fourth-order valence-corrected chi connectivity index (χ4v) is 1.58. The number of nitrogens with one attached hydrogen (secondary N) is 1. The summed E-state index contributed by atoms with van der Waals surface area (Å²) in [6.45, 7) is 0.576. The number of aliphatic hydroxyl groups is 1. The van der Waals surface area contributed by atoms with E-state index in [4.69, 9.17) is 5.11 Å². The van der Waals surface area contributed by atoms with Gasteiger partial charge in [0.1, 0.15) is 5.82 Å². The quantitative estimate of drug-likeness (QED) is 0.777. The van der Waals surface area contributed by atoms with Crippen LogP contribution in [0.15, 0.2) is 22.7 Å². The minimum atomic E-state index is -2.07. The lowest BCUT2D eigenvalue weighted by molar-refractivity contribution is -0.155. The topological polar surface area (TPSA) is 86.6 Å². The fourth-order valence-electron chi connectivity index (χ4n) is 1.11. The summed E-state index contributed by atoms with van der Waals surface area (Å²) < 4.78 is 13.4. The molecule has 0 heterocycles. The van der Waals surface area contributed by atoms with Gasteiger partial charge in [-0.05, 0) is 25.1 Å². The number of carbonyl (C=O) groups is 2. The van der Waals surface area contributed by atoms with Crippen LogP contribution in [0.25, 0.3) is 0 Å². The third-order valence-electron chi connectivity index (χ3n) is 2.18. The second kappa shape index (κ2) is 5.45. The number of aliphatic carboxylic acids is 1. The third-order valence-corrected chi connectivity index (χ3v) is 2.64. The number of carbonyl (C=O) groups excluding carboxylic acids is 1. The number of amides is 1. The molecule has 1 amide bonds. The maximum absolute atomic E-state index is 13.0. The van der Waals surface area contributed by atoms with Crippen LogP contribution < -0.4 is 5.32 Å². The van der Waals surface area contributed by atoms with Crippen LogP contribution in [0.3, 0.4) is 0 Å². The van der Waals surface area contributed by atoms with E-state index in [0.717, 1.165) is 13.0 Å². The van der Waals surface area contributed by atoms with Gasteiger partial charge >= 0.3 is 5.97 Å². The van der Waals surface area contributed by atoms with E-state index < -0.39 is 29.8 Å². The van der Waals surface area contributed by atoms with Crippen LogP contribution in [0, 0.1) is 5.82 Å². The summed E-state index contributed by atoms with van der Waals surface area (Å²) in [6.07, 6.45) is 0. The molecule has 18 heavy (non-hydrogen) atoms. The predicted octanol–water partition coefficient (Wildman–Crippen LogP) is 1.15. The standard InChI is InChI=1S/C11H11BrFNO4/c1-11(18,10(16)17)5-14-9(15)6-2-7(12)4-8(13)3-6/h2-4,18H,5H2,1H3,(H,14,15)(H,16,17). The molecule has 1 unspecified atom stereocenters. The molecule has 0 aliphatic carbocycles. The highest BCUT2D eigenvalue weighted by Gasteiger charge is 2.30. The smallest absolute Gasteiger partial charge is 0.337 e. The van der Waals surface area contributed by atoms with Gasteiger partial charge < -0.3 is 15.5 Å². The molecule has 0 fully saturated rings. The Bertz CT molecular complexity index is 470. The maximum atomic E-state index is 13.0. The summed E-state index contributed by atoms with van der Waals surface area (Å²) in [7, 11) is 0. The van der Waals surface area contributed by atoms with Crippen LogP contribution in [-0.2, 0) is 4.79 Å². The monoisotopic (exact) mass is 319 g/mol. The summed E-state index contributed by atoms with van der Waals surface area (Å²) in [5, 5.41) is 20.3. The lowest BCUT2D eigenvalue weighted by atomic mass is 10.1. The maximum Gasteiger partial charge on any atom is 0.337 e. The summed E-state index contributed by atoms with van der Waals surface area (Å²) in [5.41, 5.74) is -2.04. The van der Waals surface area contributed by atoms with E-state index in [9.17, 15) is 19.1 Å². The molecular weight excluding hydrogens is 309 g/mol. The highest BCUT2D eigenvalue weighted by molar-refractivity contribution is 9.10. The molecule has 5 nitrogen and oxygen atoms in total. The van der Waals surface area contributed by atoms with Gasteiger partial charge in [0.15, 0.2) is 5.60 Å². The Morgan fingerprint density at radius 2 is 2.06 bits per heavy atom. The van der Waals surface area contributed by atoms with Crippen LogP contribution in [0.2, 0.25) is 0 Å². The van der Waals surface area contributed by atoms with Crippen molar-refractivity contribution in [2.45, 2.75) is 12.5 Å². The number of rotatable bonds is 4. The molecule has 98 valence electrons. The van der Waals surface area contributed by atoms with Crippen molar-refractivity contribution in [1.82, 2.24) is 5.32 Å². The molecule has 0 aromatic heterocycles. The number of carboxylic acid groups (broad SMARTS) is 1. The van der Waals surface area contributed by atoms with Crippen LogP contribution in [0.5, 0.6) is 0 Å². The van der Waals surface area contributed by atoms with Crippen molar-refractivity contribution in [1.29, 1.82) is 0 Å². The van der Waals surface area contributed by atoms with Crippen molar-refractivity contribution in [2.24, 2.45) is 0 Å². The Kier molecular flexibility index (Phi) is 4.42. The Morgan fingerprint density at radius 3 is 2.56 bits per heavy atom. The normalized spacial score (nSPS) is 13.8. The Labute approximate surface area is 111 Å². The summed E-state index contributed by atoms with van der Waals surface area (Å²) in [6, 6.07) is 3.58. The molecule has 0 saturated carbocycles. The summed E-state index contributed by atoms with van der Waals surface area (Å²) >= 11 is 3.03. The van der Waals surface area contributed by atoms with Crippen LogP contribution in [-0.4, -0.2) is 34.2 Å². The number of halogens is 2. The molecule has 1 aromatic rings. The minimum absolute atomic E-state index is 0.0306. The fraction of sp³-hybridized carbons (Fsp3) is 0.273. The van der Waals surface area contributed by atoms with Crippen molar-refractivity contribution in [2.75, 3.05) is 6.54 Å². The lowest BCUT2D eigenvalue weighted by Crippen LogP contribution is -2.46. The lowest BCUT2D eigenvalue weighted by Gasteiger charge is -2.18. The first-order chi connectivity index (χ1) is 8.22. The van der Waals surface area contributed by atoms with Crippen molar-refractivity contribution >= 4 is 27.8 Å². The number of hydrogen-bond donors (Lipinski definition) is 3. The van der Waals surface area contributed by atoms with Gasteiger partial charge in [0.2, 0.25) is 0 Å². The number of benzene rings is 1. The van der Waals surface area contributed by atoms with Gasteiger partial charge in [-0.3, -0.25) is 4.79 Å². The average Bonchev–Trinajstić information content (AvgIpc) is 2.24. The zero-order chi connectivity index (χ0) is 13.9. The van der Waals surface area contributed by atoms with Crippen LogP contribution in [0.1, 0.15) is 17.3 Å². The van der Waals surface area contributed by atoms with Crippen molar-refractivity contribution in [3.63, 3.8) is 0 Å². The molecule has 0 saturated heterocycles. The van der Waals surface area contributed by atoms with E-state index in [1.807, 2.05) is 0 Å². The average molecular weight is 320 g/mol. The first-order valence-corrected chi connectivity index (χ1v) is 5.72. The van der Waals surface area contributed by atoms with E-state index in [2.05, 4.69) is 21.2 Å². The first kappa shape index (κ1) is 14.6. The van der Waals surface area contributed by atoms with Gasteiger partial charge in [-0.2, -0.15) is 0 Å². The second-order valence-electron chi connectivity index (χ2n) is 3.92. The first-order valence-electron chi connectivity index (χ1n) is 4.92. The zero-order valence-corrected chi connectivity index (χ0v) is 11.0. The van der Waals surface area contributed by atoms with Gasteiger partial charge in [0.05, 0.1) is 6.54 Å². The second-order valence-corrected chi connectivity index (χ2v) is 4.84. The Balaban J connectivity index is 2.75. The van der Waals surface area contributed by atoms with E-state index in [1.54, 1.807) is 0 Å². The van der Waals surface area contributed by atoms with E-state index in [-0.39, 0.29) is 5.56 Å². The third kappa shape index (κ3) is 3.78. The molecular formula is C11H11BrFNO4. The van der Waals surface area contributed by atoms with Crippen LogP contribution >= 0.6 is 15.9 Å². The van der Waals surface area contributed by atoms with Crippen molar-refractivity contribution in [3.8, 4) is 0 Å². The molecule has 3 N–H and O–H groups in total. The van der Waals surface area contributed by atoms with Gasteiger partial charge in [-0.15, -0.1) is 0 Å².